The van der Waals surface area contributed by atoms with Gasteiger partial charge in [0.15, 0.2) is 0 Å². The Labute approximate surface area is 146 Å². The number of fused-ring (bicyclic) bond motifs is 1. The molecule has 1 aromatic heterocycles. The van der Waals surface area contributed by atoms with E-state index in [2.05, 4.69) is 0 Å². The number of benzene rings is 1. The highest BCUT2D eigenvalue weighted by atomic mass is 32.1. The summed E-state index contributed by atoms with van der Waals surface area (Å²) in [4.78, 5) is 36.6. The van der Waals surface area contributed by atoms with Gasteiger partial charge < -0.3 is 9.84 Å². The molecule has 0 unspecified atom stereocenters. The number of β-amino-alcohol motifs (C(OH)–C–C–N with tert-alkyl or cyclic N) is 1. The molecule has 1 aliphatic heterocycles. The number of carbonyl (C=O) groups is 2. The molecule has 0 spiro atoms. The summed E-state index contributed by atoms with van der Waals surface area (Å²) in [5.74, 6) is -1.23. The van der Waals surface area contributed by atoms with Crippen molar-refractivity contribution in [3.05, 3.63) is 61.8 Å². The fraction of sp³-hybridized carbons (Fsp3) is 0.250. The number of nitro groups is 1. The highest BCUT2D eigenvalue weighted by Gasteiger charge is 2.37. The number of thiophene rings is 1. The van der Waals surface area contributed by atoms with Crippen LogP contribution in [0.1, 0.15) is 25.6 Å². The van der Waals surface area contributed by atoms with Crippen LogP contribution in [0.3, 0.4) is 0 Å². The van der Waals surface area contributed by atoms with Gasteiger partial charge in [-0.1, -0.05) is 6.07 Å². The van der Waals surface area contributed by atoms with Gasteiger partial charge in [-0.15, -0.1) is 11.3 Å². The van der Waals surface area contributed by atoms with E-state index in [0.29, 0.717) is 6.61 Å². The number of hydrogen-bond acceptors (Lipinski definition) is 7. The number of carbonyl (C=O) groups excluding carboxylic acids is 2. The van der Waals surface area contributed by atoms with Gasteiger partial charge in [-0.05, 0) is 17.5 Å². The summed E-state index contributed by atoms with van der Waals surface area (Å²) in [5, 5.41) is 22.7. The molecule has 25 heavy (non-hydrogen) atoms. The SMILES string of the molecule is O=C1c2ccc([N+](=O)[O-])cc2C(=O)N1C[C@@H](O)COCc1cccs1. The van der Waals surface area contributed by atoms with Crippen LogP contribution in [0.4, 0.5) is 5.69 Å². The minimum Gasteiger partial charge on any atom is -0.389 e. The summed E-state index contributed by atoms with van der Waals surface area (Å²) < 4.78 is 5.37. The predicted molar refractivity (Wildman–Crippen MR) is 88.4 cm³/mol. The predicted octanol–water partition coefficient (Wildman–Crippen LogP) is 1.83. The topological polar surface area (TPSA) is 110 Å². The Kier molecular flexibility index (Phi) is 4.88. The van der Waals surface area contributed by atoms with Gasteiger partial charge in [0.1, 0.15) is 0 Å². The van der Waals surface area contributed by atoms with E-state index in [1.54, 1.807) is 0 Å². The van der Waals surface area contributed by atoms with E-state index in [4.69, 9.17) is 4.74 Å². The van der Waals surface area contributed by atoms with Gasteiger partial charge in [0.2, 0.25) is 0 Å². The molecule has 0 radical (unpaired) electrons. The van der Waals surface area contributed by atoms with Crippen LogP contribution in [-0.4, -0.2) is 46.0 Å². The Bertz CT molecular complexity index is 820. The lowest BCUT2D eigenvalue weighted by molar-refractivity contribution is -0.384. The molecule has 0 bridgehead atoms. The van der Waals surface area contributed by atoms with Crippen LogP contribution >= 0.6 is 11.3 Å². The molecule has 1 N–H and O–H groups in total. The van der Waals surface area contributed by atoms with Crippen LogP contribution in [0.25, 0.3) is 0 Å². The number of imide groups is 1. The Hall–Kier alpha value is -2.62. The Morgan fingerprint density at radius 1 is 1.24 bits per heavy atom. The molecule has 2 heterocycles. The molecule has 0 aliphatic carbocycles. The molecule has 1 aromatic carbocycles. The monoisotopic (exact) mass is 362 g/mol. The largest absolute Gasteiger partial charge is 0.389 e. The van der Waals surface area contributed by atoms with Gasteiger partial charge in [0, 0.05) is 17.0 Å². The van der Waals surface area contributed by atoms with Crippen LogP contribution in [0, 0.1) is 10.1 Å². The van der Waals surface area contributed by atoms with E-state index in [9.17, 15) is 24.8 Å². The van der Waals surface area contributed by atoms with Crippen molar-refractivity contribution in [2.24, 2.45) is 0 Å². The lowest BCUT2D eigenvalue weighted by Gasteiger charge is -2.18. The maximum Gasteiger partial charge on any atom is 0.270 e. The van der Waals surface area contributed by atoms with E-state index in [0.717, 1.165) is 15.8 Å². The first-order chi connectivity index (χ1) is 12.0. The number of non-ortho nitro benzene ring substituents is 1. The lowest BCUT2D eigenvalue weighted by Crippen LogP contribution is -2.38. The molecule has 2 amide bonds. The molecule has 3 rings (SSSR count). The second kappa shape index (κ2) is 7.09. The third-order valence-corrected chi connectivity index (χ3v) is 4.54. The molecule has 8 nitrogen and oxygen atoms in total. The zero-order valence-electron chi connectivity index (χ0n) is 13.0. The molecule has 1 aliphatic rings. The van der Waals surface area contributed by atoms with E-state index in [-0.39, 0.29) is 30.0 Å². The van der Waals surface area contributed by atoms with Crippen LogP contribution in [-0.2, 0) is 11.3 Å². The van der Waals surface area contributed by atoms with Crippen molar-refractivity contribution in [2.75, 3.05) is 13.2 Å². The van der Waals surface area contributed by atoms with E-state index in [1.165, 1.54) is 23.5 Å². The molecule has 130 valence electrons. The summed E-state index contributed by atoms with van der Waals surface area (Å²) in [7, 11) is 0. The fourth-order valence-electron chi connectivity index (χ4n) is 2.51. The number of nitro benzene ring substituents is 1. The fourth-order valence-corrected chi connectivity index (χ4v) is 3.15. The smallest absolute Gasteiger partial charge is 0.270 e. The summed E-state index contributed by atoms with van der Waals surface area (Å²) in [5.41, 5.74) is -0.185. The summed E-state index contributed by atoms with van der Waals surface area (Å²) in [6.45, 7) is 0.0685. The highest BCUT2D eigenvalue weighted by Crippen LogP contribution is 2.26. The van der Waals surface area contributed by atoms with Gasteiger partial charge in [-0.25, -0.2) is 0 Å². The number of amides is 2. The lowest BCUT2D eigenvalue weighted by atomic mass is 10.1. The Balaban J connectivity index is 1.62. The first-order valence-electron chi connectivity index (χ1n) is 7.40. The van der Waals surface area contributed by atoms with Gasteiger partial charge in [0.05, 0.1) is 41.9 Å². The van der Waals surface area contributed by atoms with Crippen LogP contribution in [0.2, 0.25) is 0 Å². The number of hydrogen-bond donors (Lipinski definition) is 1. The van der Waals surface area contributed by atoms with Crippen LogP contribution in [0.15, 0.2) is 35.7 Å². The molecule has 0 saturated heterocycles. The van der Waals surface area contributed by atoms with Gasteiger partial charge in [-0.2, -0.15) is 0 Å². The number of rotatable bonds is 7. The van der Waals surface area contributed by atoms with Crippen LogP contribution in [0.5, 0.6) is 0 Å². The molecule has 0 fully saturated rings. The summed E-state index contributed by atoms with van der Waals surface area (Å²) >= 11 is 1.52. The quantitative estimate of drug-likeness (QED) is 0.457. The van der Waals surface area contributed by atoms with Crippen molar-refractivity contribution in [3.63, 3.8) is 0 Å². The summed E-state index contributed by atoms with van der Waals surface area (Å²) in [6.07, 6.45) is -1.04. The number of aliphatic hydroxyl groups excluding tert-OH is 1. The van der Waals surface area contributed by atoms with E-state index in [1.807, 2.05) is 17.5 Å². The third kappa shape index (κ3) is 3.58. The maximum atomic E-state index is 12.3. The zero-order valence-corrected chi connectivity index (χ0v) is 13.8. The second-order valence-electron chi connectivity index (χ2n) is 5.46. The average molecular weight is 362 g/mol. The second-order valence-corrected chi connectivity index (χ2v) is 6.49. The van der Waals surface area contributed by atoms with Crippen LogP contribution < -0.4 is 0 Å². The number of nitrogens with zero attached hydrogens (tertiary/aromatic N) is 2. The minimum atomic E-state index is -1.04. The molecule has 2 aromatic rings. The first-order valence-corrected chi connectivity index (χ1v) is 8.28. The Morgan fingerprint density at radius 2 is 2.00 bits per heavy atom. The summed E-state index contributed by atoms with van der Waals surface area (Å²) in [6, 6.07) is 7.29. The van der Waals surface area contributed by atoms with Gasteiger partial charge >= 0.3 is 0 Å². The van der Waals surface area contributed by atoms with Crippen molar-refractivity contribution >= 4 is 28.8 Å². The molecule has 0 saturated carbocycles. The molecular weight excluding hydrogens is 348 g/mol. The van der Waals surface area contributed by atoms with Crippen molar-refractivity contribution in [2.45, 2.75) is 12.7 Å². The third-order valence-electron chi connectivity index (χ3n) is 3.69. The van der Waals surface area contributed by atoms with Crippen molar-refractivity contribution in [1.29, 1.82) is 0 Å². The first kappa shape index (κ1) is 17.2. The normalized spacial score (nSPS) is 14.7. The highest BCUT2D eigenvalue weighted by molar-refractivity contribution is 7.09. The van der Waals surface area contributed by atoms with E-state index < -0.39 is 22.8 Å². The molecule has 9 heteroatoms. The van der Waals surface area contributed by atoms with Crippen molar-refractivity contribution < 1.29 is 24.4 Å². The van der Waals surface area contributed by atoms with Crippen molar-refractivity contribution in [1.82, 2.24) is 4.90 Å². The Morgan fingerprint density at radius 3 is 2.68 bits per heavy atom. The maximum absolute atomic E-state index is 12.3. The number of aliphatic hydroxyl groups is 1. The zero-order chi connectivity index (χ0) is 18.0. The van der Waals surface area contributed by atoms with Gasteiger partial charge in [0.25, 0.3) is 17.5 Å². The molecular formula is C16H14N2O6S. The number of ether oxygens (including phenoxy) is 1. The van der Waals surface area contributed by atoms with Gasteiger partial charge in [-0.3, -0.25) is 24.6 Å². The van der Waals surface area contributed by atoms with Crippen molar-refractivity contribution in [3.8, 4) is 0 Å². The molecule has 1 atom stereocenters. The average Bonchev–Trinajstić information content (AvgIpc) is 3.18. The minimum absolute atomic E-state index is 0.0223. The van der Waals surface area contributed by atoms with E-state index >= 15 is 0 Å². The standard InChI is InChI=1S/C16H14N2O6S/c19-11(8-24-9-12-2-1-5-25-12)7-17-15(20)13-4-3-10(18(22)23)6-14(13)16(17)21/h1-6,11,19H,7-9H2/t11-/m1/s1.